The highest BCUT2D eigenvalue weighted by Crippen LogP contribution is 2.37. The quantitative estimate of drug-likeness (QED) is 0.431. The van der Waals surface area contributed by atoms with Gasteiger partial charge in [-0.1, -0.05) is 12.1 Å². The van der Waals surface area contributed by atoms with Crippen LogP contribution in [0.3, 0.4) is 0 Å². The van der Waals surface area contributed by atoms with Crippen LogP contribution in [0.4, 0.5) is 23.0 Å². The summed E-state index contributed by atoms with van der Waals surface area (Å²) in [5.41, 5.74) is 3.18. The van der Waals surface area contributed by atoms with Crippen LogP contribution in [0.15, 0.2) is 54.9 Å². The maximum atomic E-state index is 6.00. The first-order valence-electron chi connectivity index (χ1n) is 14.6. The number of ether oxygens (including phenoxy) is 2. The molecule has 0 amide bonds. The number of hydrogen-bond donors (Lipinski definition) is 1. The zero-order chi connectivity index (χ0) is 28.2. The molecule has 1 aromatic heterocycles. The van der Waals surface area contributed by atoms with E-state index in [1.807, 2.05) is 29.3 Å². The Labute approximate surface area is 242 Å². The van der Waals surface area contributed by atoms with Crippen LogP contribution in [0.5, 0.6) is 11.5 Å². The molecule has 0 unspecified atom stereocenters. The maximum Gasteiger partial charge on any atom is 0.158 e. The number of anilines is 4. The Morgan fingerprint density at radius 1 is 0.878 bits per heavy atom. The predicted molar refractivity (Wildman–Crippen MR) is 161 cm³/mol. The summed E-state index contributed by atoms with van der Waals surface area (Å²) < 4.78 is 11.2. The number of aromatic nitrogens is 2. The van der Waals surface area contributed by atoms with Crippen molar-refractivity contribution in [2.24, 2.45) is 0 Å². The van der Waals surface area contributed by atoms with Gasteiger partial charge in [0, 0.05) is 69.6 Å². The summed E-state index contributed by atoms with van der Waals surface area (Å²) in [5, 5.41) is 5.31. The Bertz CT molecular complexity index is 1310. The Hall–Kier alpha value is -3.60. The third-order valence-electron chi connectivity index (χ3n) is 8.59. The van der Waals surface area contributed by atoms with Crippen LogP contribution in [0.25, 0.3) is 0 Å². The first-order valence-corrected chi connectivity index (χ1v) is 14.6. The third-order valence-corrected chi connectivity index (χ3v) is 8.59. The van der Waals surface area contributed by atoms with Gasteiger partial charge in [0.1, 0.15) is 23.6 Å². The minimum absolute atomic E-state index is 0.0436. The van der Waals surface area contributed by atoms with E-state index in [9.17, 15) is 0 Å². The number of hydrogen-bond acceptors (Lipinski definition) is 10. The molecule has 1 N–H and O–H groups in total. The molecule has 0 bridgehead atoms. The minimum atomic E-state index is 0.0436. The van der Waals surface area contributed by atoms with Crippen LogP contribution in [0.2, 0.25) is 0 Å². The molecular weight excluding hydrogens is 518 g/mol. The van der Waals surface area contributed by atoms with E-state index in [0.29, 0.717) is 24.3 Å². The van der Waals surface area contributed by atoms with Gasteiger partial charge in [-0.05, 0) is 49.7 Å². The number of piperidine rings is 1. The molecule has 3 aliphatic rings. The summed E-state index contributed by atoms with van der Waals surface area (Å²) in [6, 6.07) is 17.1. The van der Waals surface area contributed by atoms with Crippen LogP contribution in [-0.4, -0.2) is 93.0 Å². The zero-order valence-corrected chi connectivity index (χ0v) is 24.3. The molecule has 218 valence electrons. The van der Waals surface area contributed by atoms with Crippen LogP contribution < -0.4 is 24.8 Å². The molecule has 0 spiro atoms. The molecule has 41 heavy (non-hydrogen) atoms. The summed E-state index contributed by atoms with van der Waals surface area (Å²) >= 11 is 0. The SMILES string of the molecule is COc1cccc([C@H]2CCON2c2cc(Nc3ccc(N4CCC(N5CCN(C)CC5)CC4)cc3OC)ncn2)c1. The lowest BCUT2D eigenvalue weighted by atomic mass is 10.0. The van der Waals surface area contributed by atoms with E-state index in [-0.39, 0.29) is 6.04 Å². The Kier molecular flexibility index (Phi) is 8.41. The second-order valence-electron chi connectivity index (χ2n) is 11.1. The van der Waals surface area contributed by atoms with Crippen molar-refractivity contribution in [3.05, 3.63) is 60.4 Å². The van der Waals surface area contributed by atoms with Gasteiger partial charge in [0.2, 0.25) is 0 Å². The van der Waals surface area contributed by atoms with Crippen molar-refractivity contribution in [2.75, 3.05) is 82.4 Å². The van der Waals surface area contributed by atoms with Gasteiger partial charge < -0.3 is 24.6 Å². The smallest absolute Gasteiger partial charge is 0.158 e. The molecule has 2 aromatic carbocycles. The van der Waals surface area contributed by atoms with Gasteiger partial charge in [0.25, 0.3) is 0 Å². The van der Waals surface area contributed by atoms with Crippen LogP contribution in [-0.2, 0) is 4.84 Å². The van der Waals surface area contributed by atoms with Crippen molar-refractivity contribution in [3.63, 3.8) is 0 Å². The summed E-state index contributed by atoms with van der Waals surface area (Å²) in [6.07, 6.45) is 4.82. The average Bonchev–Trinajstić information content (AvgIpc) is 3.52. The molecule has 3 saturated heterocycles. The first-order chi connectivity index (χ1) is 20.1. The molecule has 1 atom stereocenters. The van der Waals surface area contributed by atoms with Crippen LogP contribution in [0, 0.1) is 0 Å². The van der Waals surface area contributed by atoms with Crippen molar-refractivity contribution >= 4 is 23.0 Å². The van der Waals surface area contributed by atoms with E-state index in [1.54, 1.807) is 20.5 Å². The number of piperazine rings is 1. The van der Waals surface area contributed by atoms with Gasteiger partial charge in [-0.15, -0.1) is 0 Å². The topological polar surface area (TPSA) is 78.5 Å². The van der Waals surface area contributed by atoms with Crippen molar-refractivity contribution in [3.8, 4) is 11.5 Å². The van der Waals surface area contributed by atoms with Gasteiger partial charge in [-0.25, -0.2) is 15.0 Å². The third kappa shape index (κ3) is 6.19. The molecule has 4 heterocycles. The lowest BCUT2D eigenvalue weighted by Crippen LogP contribution is -2.52. The highest BCUT2D eigenvalue weighted by atomic mass is 16.7. The molecule has 3 fully saturated rings. The highest BCUT2D eigenvalue weighted by Gasteiger charge is 2.30. The fourth-order valence-corrected chi connectivity index (χ4v) is 6.18. The molecule has 0 saturated carbocycles. The van der Waals surface area contributed by atoms with Crippen molar-refractivity contribution in [2.45, 2.75) is 31.3 Å². The molecule has 3 aromatic rings. The summed E-state index contributed by atoms with van der Waals surface area (Å²) in [5.74, 6) is 2.99. The second kappa shape index (κ2) is 12.5. The second-order valence-corrected chi connectivity index (χ2v) is 11.1. The lowest BCUT2D eigenvalue weighted by Gasteiger charge is -2.42. The van der Waals surface area contributed by atoms with Crippen LogP contribution >= 0.6 is 0 Å². The highest BCUT2D eigenvalue weighted by molar-refractivity contribution is 5.70. The van der Waals surface area contributed by atoms with Gasteiger partial charge in [0.15, 0.2) is 5.82 Å². The van der Waals surface area contributed by atoms with Gasteiger partial charge in [-0.2, -0.15) is 0 Å². The molecule has 10 heteroatoms. The van der Waals surface area contributed by atoms with Crippen LogP contribution in [0.1, 0.15) is 30.9 Å². The first kappa shape index (κ1) is 27.6. The number of likely N-dealkylation sites (N-methyl/N-ethyl adjacent to an activating group) is 1. The largest absolute Gasteiger partial charge is 0.497 e. The number of nitrogens with one attached hydrogen (secondary N) is 1. The predicted octanol–water partition coefficient (Wildman–Crippen LogP) is 4.34. The monoisotopic (exact) mass is 559 g/mol. The number of nitrogens with zero attached hydrogens (tertiary/aromatic N) is 6. The van der Waals surface area contributed by atoms with E-state index in [4.69, 9.17) is 14.3 Å². The molecule has 6 rings (SSSR count). The fraction of sp³-hybridized carbons (Fsp3) is 0.484. The van der Waals surface area contributed by atoms with Crippen molar-refractivity contribution in [1.29, 1.82) is 0 Å². The Balaban J connectivity index is 1.12. The Morgan fingerprint density at radius 2 is 1.71 bits per heavy atom. The number of rotatable bonds is 8. The number of methoxy groups -OCH3 is 2. The van der Waals surface area contributed by atoms with Crippen molar-refractivity contribution < 1.29 is 14.3 Å². The molecule has 0 aliphatic carbocycles. The summed E-state index contributed by atoms with van der Waals surface area (Å²) in [6.45, 7) is 7.47. The summed E-state index contributed by atoms with van der Waals surface area (Å²) in [4.78, 5) is 22.6. The standard InChI is InChI=1S/C31H41N7O3/c1-35-14-16-37(17-15-35)24-9-12-36(13-10-24)25-7-8-27(29(20-25)40-3)34-30-21-31(33-22-32-30)38-28(11-18-41-38)23-5-4-6-26(19-23)39-2/h4-8,19-22,24,28H,9-18H2,1-3H3,(H,32,33,34)/t28-/m1/s1. The maximum absolute atomic E-state index is 6.00. The molecule has 10 nitrogen and oxygen atoms in total. The van der Waals surface area contributed by atoms with Gasteiger partial charge in [0.05, 0.1) is 32.6 Å². The fourth-order valence-electron chi connectivity index (χ4n) is 6.18. The van der Waals surface area contributed by atoms with Crippen molar-refractivity contribution in [1.82, 2.24) is 19.8 Å². The summed E-state index contributed by atoms with van der Waals surface area (Å²) in [7, 11) is 5.62. The molecular formula is C31H41N7O3. The zero-order valence-electron chi connectivity index (χ0n) is 24.3. The number of benzene rings is 2. The van der Waals surface area contributed by atoms with E-state index in [2.05, 4.69) is 61.3 Å². The van der Waals surface area contributed by atoms with E-state index >= 15 is 0 Å². The minimum Gasteiger partial charge on any atom is -0.497 e. The van der Waals surface area contributed by atoms with Gasteiger partial charge in [-0.3, -0.25) is 9.74 Å². The molecule has 3 aliphatic heterocycles. The van der Waals surface area contributed by atoms with E-state index < -0.39 is 0 Å². The Morgan fingerprint density at radius 3 is 2.49 bits per heavy atom. The average molecular weight is 560 g/mol. The molecule has 0 radical (unpaired) electrons. The van der Waals surface area contributed by atoms with E-state index in [1.165, 1.54) is 44.7 Å². The lowest BCUT2D eigenvalue weighted by molar-refractivity contribution is 0.0982. The number of hydroxylamine groups is 1. The van der Waals surface area contributed by atoms with E-state index in [0.717, 1.165) is 42.3 Å². The normalized spacial score (nSPS) is 20.8. The van der Waals surface area contributed by atoms with Gasteiger partial charge >= 0.3 is 0 Å².